The number of nitrogens with zero attached hydrogens (tertiary/aromatic N) is 1. The summed E-state index contributed by atoms with van der Waals surface area (Å²) in [6.07, 6.45) is 2.36. The van der Waals surface area contributed by atoms with Crippen LogP contribution in [0.2, 0.25) is 0 Å². The smallest absolute Gasteiger partial charge is 0.228 e. The van der Waals surface area contributed by atoms with E-state index in [9.17, 15) is 4.79 Å². The first kappa shape index (κ1) is 13.2. The average Bonchev–Trinajstić information content (AvgIpc) is 2.35. The molecule has 1 rings (SSSR count). The fourth-order valence-corrected chi connectivity index (χ4v) is 1.15. The lowest BCUT2D eigenvalue weighted by molar-refractivity contribution is -0.119. The maximum atomic E-state index is 11.6. The van der Waals surface area contributed by atoms with Gasteiger partial charge in [0.2, 0.25) is 5.91 Å². The van der Waals surface area contributed by atoms with Gasteiger partial charge in [-0.3, -0.25) is 4.79 Å². The van der Waals surface area contributed by atoms with Crippen LogP contribution in [-0.4, -0.2) is 22.6 Å². The van der Waals surface area contributed by atoms with E-state index in [1.165, 1.54) is 0 Å². The summed E-state index contributed by atoms with van der Waals surface area (Å²) in [6, 6.07) is 3.41. The van der Waals surface area contributed by atoms with Crippen molar-refractivity contribution in [3.63, 3.8) is 0 Å². The van der Waals surface area contributed by atoms with E-state index in [0.29, 0.717) is 11.4 Å². The Bertz CT molecular complexity index is 446. The molecule has 17 heavy (non-hydrogen) atoms. The molecule has 1 aromatic rings. The Balaban J connectivity index is 2.75. The highest BCUT2D eigenvalue weighted by Gasteiger charge is 2.10. The van der Waals surface area contributed by atoms with Crippen molar-refractivity contribution < 1.29 is 9.90 Å². The van der Waals surface area contributed by atoms with Gasteiger partial charge in [0.25, 0.3) is 0 Å². The zero-order valence-electron chi connectivity index (χ0n) is 10.0. The summed E-state index contributed by atoms with van der Waals surface area (Å²) in [5.41, 5.74) is 0.716. The van der Waals surface area contributed by atoms with Crippen molar-refractivity contribution in [1.29, 1.82) is 0 Å². The zero-order chi connectivity index (χ0) is 12.7. The summed E-state index contributed by atoms with van der Waals surface area (Å²) >= 11 is 0. The molecule has 1 aromatic heterocycles. The summed E-state index contributed by atoms with van der Waals surface area (Å²) in [4.78, 5) is 15.7. The number of carbonyl (C=O) groups excluding carboxylic acids is 1. The Morgan fingerprint density at radius 2 is 2.41 bits per heavy atom. The standard InChI is InChI=1S/C13H16N2O2/c1-3-10(2)13(17)15-12-9-11(5-4-8-16)6-7-14-12/h6-7,9-10,16H,3,8H2,1-2H3,(H,14,15,17). The molecule has 0 radical (unpaired) electrons. The van der Waals surface area contributed by atoms with Crippen LogP contribution in [0.25, 0.3) is 0 Å². The molecular weight excluding hydrogens is 216 g/mol. The number of hydrogen-bond donors (Lipinski definition) is 2. The number of aliphatic hydroxyl groups excluding tert-OH is 1. The second kappa shape index (κ2) is 6.66. The first-order valence-corrected chi connectivity index (χ1v) is 5.54. The van der Waals surface area contributed by atoms with Crippen LogP contribution in [0, 0.1) is 17.8 Å². The molecule has 1 unspecified atom stereocenters. The van der Waals surface area contributed by atoms with E-state index in [2.05, 4.69) is 22.1 Å². The maximum absolute atomic E-state index is 11.6. The number of pyridine rings is 1. The fraction of sp³-hybridized carbons (Fsp3) is 0.385. The number of rotatable bonds is 3. The van der Waals surface area contributed by atoms with E-state index in [1.54, 1.807) is 18.3 Å². The Morgan fingerprint density at radius 1 is 1.65 bits per heavy atom. The molecule has 0 spiro atoms. The molecule has 0 saturated carbocycles. The van der Waals surface area contributed by atoms with E-state index in [0.717, 1.165) is 6.42 Å². The van der Waals surface area contributed by atoms with Crippen LogP contribution in [0.5, 0.6) is 0 Å². The van der Waals surface area contributed by atoms with Crippen LogP contribution in [0.4, 0.5) is 5.82 Å². The summed E-state index contributed by atoms with van der Waals surface area (Å²) in [5, 5.41) is 11.3. The topological polar surface area (TPSA) is 62.2 Å². The number of aromatic nitrogens is 1. The third kappa shape index (κ3) is 4.25. The van der Waals surface area contributed by atoms with Crippen LogP contribution in [0.15, 0.2) is 18.3 Å². The van der Waals surface area contributed by atoms with Crippen LogP contribution in [0.3, 0.4) is 0 Å². The molecule has 0 aromatic carbocycles. The predicted octanol–water partition coefficient (Wildman–Crippen LogP) is 1.41. The minimum atomic E-state index is -0.184. The highest BCUT2D eigenvalue weighted by molar-refractivity contribution is 5.91. The zero-order valence-corrected chi connectivity index (χ0v) is 10.0. The lowest BCUT2D eigenvalue weighted by Crippen LogP contribution is -2.20. The Kier molecular flexibility index (Phi) is 5.18. The highest BCUT2D eigenvalue weighted by atomic mass is 16.2. The Labute approximate surface area is 101 Å². The Hall–Kier alpha value is -1.86. The quantitative estimate of drug-likeness (QED) is 0.774. The molecule has 0 bridgehead atoms. The van der Waals surface area contributed by atoms with Gasteiger partial charge < -0.3 is 10.4 Å². The molecule has 0 aliphatic heterocycles. The van der Waals surface area contributed by atoms with E-state index in [4.69, 9.17) is 5.11 Å². The van der Waals surface area contributed by atoms with Gasteiger partial charge in [-0.2, -0.15) is 0 Å². The van der Waals surface area contributed by atoms with Crippen molar-refractivity contribution in [1.82, 2.24) is 4.98 Å². The third-order valence-corrected chi connectivity index (χ3v) is 2.38. The SMILES string of the molecule is CCC(C)C(=O)Nc1cc(C#CCO)ccn1. The van der Waals surface area contributed by atoms with Gasteiger partial charge in [-0.05, 0) is 18.6 Å². The normalized spacial score (nSPS) is 11.2. The first-order chi connectivity index (χ1) is 8.17. The highest BCUT2D eigenvalue weighted by Crippen LogP contribution is 2.09. The van der Waals surface area contributed by atoms with Crippen molar-refractivity contribution in [2.24, 2.45) is 5.92 Å². The summed E-state index contributed by atoms with van der Waals surface area (Å²) in [5.74, 6) is 5.70. The van der Waals surface area contributed by atoms with Crippen LogP contribution in [-0.2, 0) is 4.79 Å². The summed E-state index contributed by atoms with van der Waals surface area (Å²) in [7, 11) is 0. The molecule has 1 amide bonds. The van der Waals surface area contributed by atoms with Gasteiger partial charge in [0.05, 0.1) is 0 Å². The Morgan fingerprint density at radius 3 is 3.06 bits per heavy atom. The molecule has 4 nitrogen and oxygen atoms in total. The van der Waals surface area contributed by atoms with E-state index < -0.39 is 0 Å². The number of amides is 1. The molecule has 1 heterocycles. The molecule has 0 aliphatic carbocycles. The molecule has 1 atom stereocenters. The number of anilines is 1. The molecular formula is C13H16N2O2. The van der Waals surface area contributed by atoms with Crippen molar-refractivity contribution >= 4 is 11.7 Å². The number of nitrogens with one attached hydrogen (secondary N) is 1. The summed E-state index contributed by atoms with van der Waals surface area (Å²) in [6.45, 7) is 3.64. The lowest BCUT2D eigenvalue weighted by Gasteiger charge is -2.09. The van der Waals surface area contributed by atoms with E-state index >= 15 is 0 Å². The fourth-order valence-electron chi connectivity index (χ4n) is 1.15. The second-order valence-electron chi connectivity index (χ2n) is 3.69. The average molecular weight is 232 g/mol. The van der Waals surface area contributed by atoms with Gasteiger partial charge in [-0.25, -0.2) is 4.98 Å². The summed E-state index contributed by atoms with van der Waals surface area (Å²) < 4.78 is 0. The molecule has 0 fully saturated rings. The first-order valence-electron chi connectivity index (χ1n) is 5.54. The van der Waals surface area contributed by atoms with Crippen LogP contribution >= 0.6 is 0 Å². The van der Waals surface area contributed by atoms with Gasteiger partial charge in [0, 0.05) is 17.7 Å². The van der Waals surface area contributed by atoms with Crippen molar-refractivity contribution in [3.05, 3.63) is 23.9 Å². The van der Waals surface area contributed by atoms with Crippen molar-refractivity contribution in [2.45, 2.75) is 20.3 Å². The van der Waals surface area contributed by atoms with E-state index in [1.807, 2.05) is 13.8 Å². The lowest BCUT2D eigenvalue weighted by atomic mass is 10.1. The number of carbonyl (C=O) groups is 1. The molecule has 90 valence electrons. The van der Waals surface area contributed by atoms with Crippen molar-refractivity contribution in [2.75, 3.05) is 11.9 Å². The molecule has 2 N–H and O–H groups in total. The van der Waals surface area contributed by atoms with Gasteiger partial charge in [-0.15, -0.1) is 0 Å². The molecule has 0 aliphatic rings. The molecule has 0 saturated heterocycles. The minimum Gasteiger partial charge on any atom is -0.384 e. The van der Waals surface area contributed by atoms with Gasteiger partial charge >= 0.3 is 0 Å². The second-order valence-corrected chi connectivity index (χ2v) is 3.69. The number of aliphatic hydroxyl groups is 1. The monoisotopic (exact) mass is 232 g/mol. The largest absolute Gasteiger partial charge is 0.384 e. The molecule has 4 heteroatoms. The van der Waals surface area contributed by atoms with Crippen molar-refractivity contribution in [3.8, 4) is 11.8 Å². The van der Waals surface area contributed by atoms with E-state index in [-0.39, 0.29) is 18.4 Å². The van der Waals surface area contributed by atoms with Gasteiger partial charge in [0.15, 0.2) is 0 Å². The minimum absolute atomic E-state index is 0.0380. The number of hydrogen-bond acceptors (Lipinski definition) is 3. The maximum Gasteiger partial charge on any atom is 0.228 e. The van der Waals surface area contributed by atoms with Crippen LogP contribution < -0.4 is 5.32 Å². The van der Waals surface area contributed by atoms with Gasteiger partial charge in [0.1, 0.15) is 12.4 Å². The third-order valence-electron chi connectivity index (χ3n) is 2.38. The van der Waals surface area contributed by atoms with Crippen LogP contribution in [0.1, 0.15) is 25.8 Å². The van der Waals surface area contributed by atoms with Gasteiger partial charge in [-0.1, -0.05) is 25.7 Å². The predicted molar refractivity (Wildman–Crippen MR) is 66.3 cm³/mol.